The van der Waals surface area contributed by atoms with Gasteiger partial charge in [-0.2, -0.15) is 0 Å². The molecule has 0 aromatic rings. The molecule has 1 heterocycles. The standard InChI is InChI=1S/C14H24N4O7/c1-7(15)13(23)18-4-2-3-10(18)12(22)16-8(5-19)11(21)17-9(6-20)14(24)25/h7-10,19-20H,2-6,15H2,1H3,(H,16,22)(H,17,21)(H,24,25). The van der Waals surface area contributed by atoms with E-state index in [-0.39, 0.29) is 0 Å². The number of nitrogens with two attached hydrogens (primary N) is 1. The van der Waals surface area contributed by atoms with Crippen molar-refractivity contribution in [3.8, 4) is 0 Å². The first-order valence-electron chi connectivity index (χ1n) is 7.84. The molecule has 7 N–H and O–H groups in total. The van der Waals surface area contributed by atoms with Gasteiger partial charge in [0.15, 0.2) is 0 Å². The van der Waals surface area contributed by atoms with Crippen LogP contribution in [0.3, 0.4) is 0 Å². The topological polar surface area (TPSA) is 182 Å². The van der Waals surface area contributed by atoms with Gasteiger partial charge < -0.3 is 36.6 Å². The molecule has 4 atom stereocenters. The number of nitrogens with zero attached hydrogens (tertiary/aromatic N) is 1. The fraction of sp³-hybridized carbons (Fsp3) is 0.714. The normalized spacial score (nSPS) is 20.5. The number of nitrogens with one attached hydrogen (secondary N) is 2. The number of carboxylic acid groups (broad SMARTS) is 1. The third-order valence-corrected chi connectivity index (χ3v) is 3.84. The zero-order valence-electron chi connectivity index (χ0n) is 13.8. The molecule has 0 bridgehead atoms. The summed E-state index contributed by atoms with van der Waals surface area (Å²) in [5.74, 6) is -3.45. The molecule has 0 aromatic carbocycles. The number of carbonyl (C=O) groups excluding carboxylic acids is 3. The van der Waals surface area contributed by atoms with E-state index in [2.05, 4.69) is 5.32 Å². The largest absolute Gasteiger partial charge is 0.480 e. The van der Waals surface area contributed by atoms with Crippen molar-refractivity contribution in [1.29, 1.82) is 0 Å². The van der Waals surface area contributed by atoms with Gasteiger partial charge in [-0.15, -0.1) is 0 Å². The fourth-order valence-electron chi connectivity index (χ4n) is 2.48. The lowest BCUT2D eigenvalue weighted by Gasteiger charge is -2.27. The number of carbonyl (C=O) groups is 4. The number of rotatable bonds is 8. The predicted octanol–water partition coefficient (Wildman–Crippen LogP) is -3.64. The van der Waals surface area contributed by atoms with Gasteiger partial charge in [0, 0.05) is 6.54 Å². The molecule has 142 valence electrons. The second-order valence-electron chi connectivity index (χ2n) is 5.80. The van der Waals surface area contributed by atoms with Gasteiger partial charge in [-0.25, -0.2) is 4.79 Å². The minimum absolute atomic E-state index is 0.361. The number of hydrogen-bond acceptors (Lipinski definition) is 7. The van der Waals surface area contributed by atoms with E-state index in [4.69, 9.17) is 15.9 Å². The number of aliphatic carboxylic acids is 1. The Balaban J connectivity index is 2.73. The van der Waals surface area contributed by atoms with Gasteiger partial charge in [-0.3, -0.25) is 14.4 Å². The fourth-order valence-corrected chi connectivity index (χ4v) is 2.48. The Bertz CT molecular complexity index is 525. The van der Waals surface area contributed by atoms with Gasteiger partial charge in [0.2, 0.25) is 17.7 Å². The van der Waals surface area contributed by atoms with Crippen LogP contribution in [0.4, 0.5) is 0 Å². The van der Waals surface area contributed by atoms with Crippen molar-refractivity contribution in [3.63, 3.8) is 0 Å². The highest BCUT2D eigenvalue weighted by Crippen LogP contribution is 2.18. The zero-order valence-corrected chi connectivity index (χ0v) is 13.8. The number of carboxylic acids is 1. The van der Waals surface area contributed by atoms with Gasteiger partial charge in [-0.1, -0.05) is 0 Å². The van der Waals surface area contributed by atoms with Crippen molar-refractivity contribution in [2.24, 2.45) is 5.73 Å². The Labute approximate surface area is 144 Å². The first kappa shape index (κ1) is 20.8. The van der Waals surface area contributed by atoms with E-state index in [9.17, 15) is 24.3 Å². The molecule has 11 nitrogen and oxygen atoms in total. The van der Waals surface area contributed by atoms with Crippen LogP contribution in [-0.2, 0) is 19.2 Å². The van der Waals surface area contributed by atoms with Crippen molar-refractivity contribution in [1.82, 2.24) is 15.5 Å². The molecule has 0 aromatic heterocycles. The van der Waals surface area contributed by atoms with E-state index in [0.717, 1.165) is 0 Å². The highest BCUT2D eigenvalue weighted by molar-refractivity contribution is 5.94. The maximum absolute atomic E-state index is 12.3. The Hall–Kier alpha value is -2.24. The van der Waals surface area contributed by atoms with E-state index in [0.29, 0.717) is 19.4 Å². The summed E-state index contributed by atoms with van der Waals surface area (Å²) in [6.45, 7) is 0.246. The summed E-state index contributed by atoms with van der Waals surface area (Å²) in [6, 6.07) is -4.55. The van der Waals surface area contributed by atoms with Crippen LogP contribution in [0.2, 0.25) is 0 Å². The molecule has 0 saturated carbocycles. The molecular formula is C14H24N4O7. The Morgan fingerprint density at radius 3 is 2.24 bits per heavy atom. The SMILES string of the molecule is CC(N)C(=O)N1CCCC1C(=O)NC(CO)C(=O)NC(CO)C(=O)O. The number of aliphatic hydroxyl groups excluding tert-OH is 2. The second-order valence-corrected chi connectivity index (χ2v) is 5.80. The Morgan fingerprint density at radius 2 is 1.76 bits per heavy atom. The van der Waals surface area contributed by atoms with Crippen LogP contribution in [0.25, 0.3) is 0 Å². The number of likely N-dealkylation sites (tertiary alicyclic amines) is 1. The van der Waals surface area contributed by atoms with Crippen LogP contribution in [0.15, 0.2) is 0 Å². The molecule has 4 unspecified atom stereocenters. The molecule has 3 amide bonds. The highest BCUT2D eigenvalue weighted by atomic mass is 16.4. The quantitative estimate of drug-likeness (QED) is 0.256. The number of aliphatic hydroxyl groups is 2. The van der Waals surface area contributed by atoms with Gasteiger partial charge in [0.05, 0.1) is 19.3 Å². The number of amides is 3. The minimum Gasteiger partial charge on any atom is -0.480 e. The smallest absolute Gasteiger partial charge is 0.328 e. The first-order chi connectivity index (χ1) is 11.7. The molecule has 1 rings (SSSR count). The lowest BCUT2D eigenvalue weighted by atomic mass is 10.1. The Kier molecular flexibility index (Phi) is 7.74. The molecule has 0 aliphatic carbocycles. The molecule has 1 aliphatic heterocycles. The van der Waals surface area contributed by atoms with Crippen LogP contribution < -0.4 is 16.4 Å². The average molecular weight is 360 g/mol. The summed E-state index contributed by atoms with van der Waals surface area (Å²) >= 11 is 0. The van der Waals surface area contributed by atoms with Crippen LogP contribution in [0, 0.1) is 0 Å². The monoisotopic (exact) mass is 360 g/mol. The van der Waals surface area contributed by atoms with Crippen LogP contribution in [-0.4, -0.2) is 87.8 Å². The maximum atomic E-state index is 12.3. The molecule has 1 aliphatic rings. The summed E-state index contributed by atoms with van der Waals surface area (Å²) in [5.41, 5.74) is 5.55. The summed E-state index contributed by atoms with van der Waals surface area (Å²) < 4.78 is 0. The molecule has 1 saturated heterocycles. The summed E-state index contributed by atoms with van der Waals surface area (Å²) in [6.07, 6.45) is 0.983. The van der Waals surface area contributed by atoms with Crippen LogP contribution >= 0.6 is 0 Å². The number of hydrogen-bond donors (Lipinski definition) is 6. The zero-order chi connectivity index (χ0) is 19.1. The van der Waals surface area contributed by atoms with Gasteiger partial charge >= 0.3 is 5.97 Å². The van der Waals surface area contributed by atoms with E-state index in [1.165, 1.54) is 11.8 Å². The summed E-state index contributed by atoms with van der Waals surface area (Å²) in [7, 11) is 0. The molecule has 1 fully saturated rings. The lowest BCUT2D eigenvalue weighted by Crippen LogP contribution is -2.57. The first-order valence-corrected chi connectivity index (χ1v) is 7.84. The minimum atomic E-state index is -1.55. The molecule has 25 heavy (non-hydrogen) atoms. The van der Waals surface area contributed by atoms with Crippen molar-refractivity contribution < 1.29 is 34.5 Å². The average Bonchev–Trinajstić information content (AvgIpc) is 3.05. The van der Waals surface area contributed by atoms with Crippen LogP contribution in [0.5, 0.6) is 0 Å². The van der Waals surface area contributed by atoms with Gasteiger partial charge in [0.25, 0.3) is 0 Å². The van der Waals surface area contributed by atoms with Crippen molar-refractivity contribution in [2.45, 2.75) is 43.9 Å². The van der Waals surface area contributed by atoms with Crippen molar-refractivity contribution in [2.75, 3.05) is 19.8 Å². The third-order valence-electron chi connectivity index (χ3n) is 3.84. The van der Waals surface area contributed by atoms with E-state index >= 15 is 0 Å². The highest BCUT2D eigenvalue weighted by Gasteiger charge is 2.37. The predicted molar refractivity (Wildman–Crippen MR) is 84.1 cm³/mol. The summed E-state index contributed by atoms with van der Waals surface area (Å²) in [4.78, 5) is 48.4. The third kappa shape index (κ3) is 5.37. The van der Waals surface area contributed by atoms with Gasteiger partial charge in [-0.05, 0) is 19.8 Å². The van der Waals surface area contributed by atoms with Crippen molar-refractivity contribution in [3.05, 3.63) is 0 Å². The molecule has 11 heteroatoms. The van der Waals surface area contributed by atoms with Crippen molar-refractivity contribution >= 4 is 23.7 Å². The molecule has 0 radical (unpaired) electrons. The summed E-state index contributed by atoms with van der Waals surface area (Å²) in [5, 5.41) is 31.3. The molecule has 0 spiro atoms. The second kappa shape index (κ2) is 9.30. The maximum Gasteiger partial charge on any atom is 0.328 e. The van der Waals surface area contributed by atoms with Crippen LogP contribution in [0.1, 0.15) is 19.8 Å². The van der Waals surface area contributed by atoms with E-state index in [1.807, 2.05) is 5.32 Å². The molecular weight excluding hydrogens is 336 g/mol. The lowest BCUT2D eigenvalue weighted by molar-refractivity contribution is -0.144. The van der Waals surface area contributed by atoms with Gasteiger partial charge in [0.1, 0.15) is 18.1 Å². The van der Waals surface area contributed by atoms with E-state index < -0.39 is 61.1 Å². The Morgan fingerprint density at radius 1 is 1.16 bits per heavy atom. The van der Waals surface area contributed by atoms with E-state index in [1.54, 1.807) is 0 Å².